The number of aromatic amines is 1. The van der Waals surface area contributed by atoms with E-state index >= 15 is 0 Å². The lowest BCUT2D eigenvalue weighted by atomic mass is 9.93. The lowest BCUT2D eigenvalue weighted by Gasteiger charge is -2.15. The van der Waals surface area contributed by atoms with Gasteiger partial charge in [0.2, 0.25) is 0 Å². The van der Waals surface area contributed by atoms with Gasteiger partial charge in [0, 0.05) is 23.3 Å². The van der Waals surface area contributed by atoms with E-state index in [-0.39, 0.29) is 17.1 Å². The number of H-pyrrole nitrogens is 1. The van der Waals surface area contributed by atoms with E-state index in [0.717, 1.165) is 12.1 Å². The molecule has 1 unspecified atom stereocenters. The van der Waals surface area contributed by atoms with Gasteiger partial charge in [0.05, 0.1) is 0 Å². The van der Waals surface area contributed by atoms with Gasteiger partial charge in [-0.15, -0.1) is 0 Å². The first-order valence-corrected chi connectivity index (χ1v) is 5.18. The molecule has 3 nitrogen and oxygen atoms in total. The lowest BCUT2D eigenvalue weighted by Crippen LogP contribution is -2.19. The maximum absolute atomic E-state index is 11.6. The minimum atomic E-state index is 0.00396. The summed E-state index contributed by atoms with van der Waals surface area (Å²) in [5, 5.41) is 0. The number of imidazole rings is 1. The molecule has 0 aliphatic heterocycles. The zero-order valence-corrected chi connectivity index (χ0v) is 9.72. The van der Waals surface area contributed by atoms with E-state index in [4.69, 9.17) is 0 Å². The molecule has 14 heavy (non-hydrogen) atoms. The molecule has 0 aliphatic carbocycles. The molecule has 1 aromatic heterocycles. The predicted octanol–water partition coefficient (Wildman–Crippen LogP) is 2.44. The quantitative estimate of drug-likeness (QED) is 0.775. The summed E-state index contributed by atoms with van der Waals surface area (Å²) in [4.78, 5) is 14.5. The Bertz CT molecular complexity index is 354. The third-order valence-corrected chi connectivity index (χ3v) is 2.62. The van der Waals surface area contributed by atoms with Crippen molar-refractivity contribution in [3.8, 4) is 0 Å². The molecule has 0 saturated heterocycles. The van der Waals surface area contributed by atoms with Crippen molar-refractivity contribution in [2.45, 2.75) is 52.5 Å². The van der Waals surface area contributed by atoms with Gasteiger partial charge >= 0.3 is 5.69 Å². The molecule has 0 saturated carbocycles. The fourth-order valence-electron chi connectivity index (χ4n) is 1.31. The van der Waals surface area contributed by atoms with Gasteiger partial charge in [0.15, 0.2) is 0 Å². The smallest absolute Gasteiger partial charge is 0.309 e. The normalized spacial score (nSPS) is 14.4. The zero-order valence-electron chi connectivity index (χ0n) is 9.72. The van der Waals surface area contributed by atoms with Crippen molar-refractivity contribution in [3.05, 3.63) is 22.4 Å². The molecular weight excluding hydrogens is 176 g/mol. The number of nitrogens with one attached hydrogen (secondary N) is 1. The molecule has 0 aliphatic rings. The van der Waals surface area contributed by atoms with Crippen molar-refractivity contribution < 1.29 is 0 Å². The molecule has 1 N–H and O–H groups in total. The fourth-order valence-corrected chi connectivity index (χ4v) is 1.31. The van der Waals surface area contributed by atoms with Gasteiger partial charge < -0.3 is 4.98 Å². The Labute approximate surface area is 85.2 Å². The van der Waals surface area contributed by atoms with Crippen LogP contribution in [0, 0.1) is 0 Å². The summed E-state index contributed by atoms with van der Waals surface area (Å²) in [6.45, 7) is 10.4. The van der Waals surface area contributed by atoms with Gasteiger partial charge in [-0.3, -0.25) is 4.57 Å². The molecule has 3 heteroatoms. The average molecular weight is 196 g/mol. The highest BCUT2D eigenvalue weighted by atomic mass is 16.1. The lowest BCUT2D eigenvalue weighted by molar-refractivity contribution is 0.513. The molecule has 1 rings (SSSR count). The summed E-state index contributed by atoms with van der Waals surface area (Å²) < 4.78 is 1.78. The molecule has 1 atom stereocenters. The van der Waals surface area contributed by atoms with E-state index in [9.17, 15) is 4.79 Å². The summed E-state index contributed by atoms with van der Waals surface area (Å²) in [6, 6.07) is 0.273. The third-order valence-electron chi connectivity index (χ3n) is 2.62. The number of nitrogens with zero attached hydrogens (tertiary/aromatic N) is 1. The summed E-state index contributed by atoms with van der Waals surface area (Å²) in [5.74, 6) is 0. The Balaban J connectivity index is 3.12. The summed E-state index contributed by atoms with van der Waals surface area (Å²) in [7, 11) is 0. The van der Waals surface area contributed by atoms with Crippen LogP contribution in [0.25, 0.3) is 0 Å². The van der Waals surface area contributed by atoms with Gasteiger partial charge in [0.25, 0.3) is 0 Å². The van der Waals surface area contributed by atoms with Crippen LogP contribution in [-0.4, -0.2) is 9.55 Å². The Morgan fingerprint density at radius 3 is 2.43 bits per heavy atom. The molecule has 80 valence electrons. The van der Waals surface area contributed by atoms with Crippen LogP contribution >= 0.6 is 0 Å². The summed E-state index contributed by atoms with van der Waals surface area (Å²) in [6.07, 6.45) is 2.91. The van der Waals surface area contributed by atoms with Gasteiger partial charge in [-0.2, -0.15) is 0 Å². The van der Waals surface area contributed by atoms with E-state index in [1.165, 1.54) is 0 Å². The van der Waals surface area contributed by atoms with Gasteiger partial charge in [0.1, 0.15) is 0 Å². The highest BCUT2D eigenvalue weighted by Gasteiger charge is 2.18. The second kappa shape index (κ2) is 3.64. The zero-order chi connectivity index (χ0) is 10.9. The molecule has 0 spiro atoms. The standard InChI is InChI=1S/C11H20N2O/c1-6-8(2)13-7-9(11(3,4)5)12-10(13)14/h7-8H,6H2,1-5H3,(H,12,14). The third kappa shape index (κ3) is 2.08. The van der Waals surface area contributed by atoms with E-state index in [1.807, 2.05) is 6.20 Å². The van der Waals surface area contributed by atoms with Gasteiger partial charge in [-0.1, -0.05) is 27.7 Å². The van der Waals surface area contributed by atoms with E-state index in [1.54, 1.807) is 4.57 Å². The minimum absolute atomic E-state index is 0.00396. The molecule has 0 bridgehead atoms. The second-order valence-corrected chi connectivity index (χ2v) is 4.89. The summed E-state index contributed by atoms with van der Waals surface area (Å²) in [5.41, 5.74) is 1.02. The molecule has 1 heterocycles. The van der Waals surface area contributed by atoms with E-state index in [2.05, 4.69) is 39.6 Å². The highest BCUT2D eigenvalue weighted by Crippen LogP contribution is 2.19. The van der Waals surface area contributed by atoms with Crippen molar-refractivity contribution in [2.24, 2.45) is 0 Å². The Morgan fingerprint density at radius 2 is 2.07 bits per heavy atom. The number of aromatic nitrogens is 2. The topological polar surface area (TPSA) is 37.8 Å². The van der Waals surface area contributed by atoms with Gasteiger partial charge in [-0.05, 0) is 13.3 Å². The first kappa shape index (κ1) is 11.1. The fraction of sp³-hybridized carbons (Fsp3) is 0.727. The van der Waals surface area contributed by atoms with Crippen LogP contribution in [0.15, 0.2) is 11.0 Å². The van der Waals surface area contributed by atoms with E-state index < -0.39 is 0 Å². The summed E-state index contributed by atoms with van der Waals surface area (Å²) >= 11 is 0. The molecular formula is C11H20N2O. The van der Waals surface area contributed by atoms with Crippen LogP contribution in [0.5, 0.6) is 0 Å². The second-order valence-electron chi connectivity index (χ2n) is 4.89. The maximum atomic E-state index is 11.6. The largest absolute Gasteiger partial charge is 0.325 e. The van der Waals surface area contributed by atoms with Crippen LogP contribution in [0.4, 0.5) is 0 Å². The first-order valence-electron chi connectivity index (χ1n) is 5.18. The van der Waals surface area contributed by atoms with Crippen molar-refractivity contribution in [2.75, 3.05) is 0 Å². The molecule has 0 radical (unpaired) electrons. The van der Waals surface area contributed by atoms with E-state index in [0.29, 0.717) is 0 Å². The maximum Gasteiger partial charge on any atom is 0.325 e. The Kier molecular flexibility index (Phi) is 2.88. The van der Waals surface area contributed by atoms with Crippen molar-refractivity contribution >= 4 is 0 Å². The SMILES string of the molecule is CCC(C)n1cc(C(C)(C)C)[nH]c1=O. The first-order chi connectivity index (χ1) is 6.36. The Morgan fingerprint density at radius 1 is 1.50 bits per heavy atom. The average Bonchev–Trinajstić information content (AvgIpc) is 2.45. The predicted molar refractivity (Wildman–Crippen MR) is 58.8 cm³/mol. The van der Waals surface area contributed by atoms with Gasteiger partial charge in [-0.25, -0.2) is 4.79 Å². The molecule has 0 aromatic carbocycles. The van der Waals surface area contributed by atoms with Crippen LogP contribution in [-0.2, 0) is 5.41 Å². The van der Waals surface area contributed by atoms with Crippen molar-refractivity contribution in [1.82, 2.24) is 9.55 Å². The van der Waals surface area contributed by atoms with Crippen LogP contribution in [0.3, 0.4) is 0 Å². The number of hydrogen-bond donors (Lipinski definition) is 1. The van der Waals surface area contributed by atoms with Crippen LogP contribution in [0.2, 0.25) is 0 Å². The van der Waals surface area contributed by atoms with Crippen LogP contribution in [0.1, 0.15) is 52.8 Å². The van der Waals surface area contributed by atoms with Crippen molar-refractivity contribution in [3.63, 3.8) is 0 Å². The minimum Gasteiger partial charge on any atom is -0.309 e. The number of hydrogen-bond acceptors (Lipinski definition) is 1. The highest BCUT2D eigenvalue weighted by molar-refractivity contribution is 5.09. The number of rotatable bonds is 2. The van der Waals surface area contributed by atoms with Crippen molar-refractivity contribution in [1.29, 1.82) is 0 Å². The van der Waals surface area contributed by atoms with Crippen LogP contribution < -0.4 is 5.69 Å². The Hall–Kier alpha value is -0.990. The monoisotopic (exact) mass is 196 g/mol. The molecule has 1 aromatic rings. The molecule has 0 amide bonds. The molecule has 0 fully saturated rings.